The van der Waals surface area contributed by atoms with E-state index in [1.807, 2.05) is 0 Å². The molecule has 0 spiro atoms. The molecule has 0 N–H and O–H groups in total. The summed E-state index contributed by atoms with van der Waals surface area (Å²) in [7, 11) is 0. The van der Waals surface area contributed by atoms with Crippen LogP contribution in [0.25, 0.3) is 21.8 Å². The molecular formula is C22H29N. The van der Waals surface area contributed by atoms with E-state index in [0.717, 1.165) is 6.54 Å². The highest BCUT2D eigenvalue weighted by molar-refractivity contribution is 6.08. The number of unbranched alkanes of at least 4 members (excludes halogenated alkanes) is 5. The quantitative estimate of drug-likeness (QED) is 0.424. The van der Waals surface area contributed by atoms with Crippen molar-refractivity contribution in [1.29, 1.82) is 0 Å². The number of aromatic nitrogens is 1. The molecule has 23 heavy (non-hydrogen) atoms. The monoisotopic (exact) mass is 307 g/mol. The molecule has 0 bridgehead atoms. The molecule has 0 amide bonds. The van der Waals surface area contributed by atoms with Gasteiger partial charge in [0.2, 0.25) is 0 Å². The average Bonchev–Trinajstić information content (AvgIpc) is 2.83. The third kappa shape index (κ3) is 3.44. The number of benzene rings is 2. The van der Waals surface area contributed by atoms with Crippen LogP contribution in [0.15, 0.2) is 36.4 Å². The average molecular weight is 307 g/mol. The van der Waals surface area contributed by atoms with Gasteiger partial charge in [-0.05, 0) is 43.5 Å². The number of rotatable bonds is 7. The second-order valence-corrected chi connectivity index (χ2v) is 6.96. The van der Waals surface area contributed by atoms with Gasteiger partial charge in [0.15, 0.2) is 0 Å². The summed E-state index contributed by atoms with van der Waals surface area (Å²) < 4.78 is 2.55. The van der Waals surface area contributed by atoms with Gasteiger partial charge in [0, 0.05) is 28.4 Å². The summed E-state index contributed by atoms with van der Waals surface area (Å²) in [6.45, 7) is 7.80. The topological polar surface area (TPSA) is 4.93 Å². The van der Waals surface area contributed by atoms with Crippen LogP contribution in [-0.2, 0) is 6.54 Å². The Morgan fingerprint density at radius 1 is 0.696 bits per heavy atom. The van der Waals surface area contributed by atoms with Gasteiger partial charge < -0.3 is 4.57 Å². The molecule has 122 valence electrons. The van der Waals surface area contributed by atoms with Crippen LogP contribution < -0.4 is 0 Å². The number of nitrogens with zero attached hydrogens (tertiary/aromatic N) is 1. The lowest BCUT2D eigenvalue weighted by Crippen LogP contribution is -1.98. The van der Waals surface area contributed by atoms with Gasteiger partial charge in [0.1, 0.15) is 0 Å². The lowest BCUT2D eigenvalue weighted by atomic mass is 10.1. The summed E-state index contributed by atoms with van der Waals surface area (Å²) in [6, 6.07) is 13.7. The van der Waals surface area contributed by atoms with Crippen molar-refractivity contribution in [3.8, 4) is 0 Å². The van der Waals surface area contributed by atoms with Crippen molar-refractivity contribution in [1.82, 2.24) is 4.57 Å². The maximum atomic E-state index is 2.55. The van der Waals surface area contributed by atoms with E-state index in [2.05, 4.69) is 61.7 Å². The Bertz CT molecular complexity index is 735. The predicted octanol–water partition coefficient (Wildman–Crippen LogP) is 6.77. The molecule has 0 aliphatic carbocycles. The molecule has 3 rings (SSSR count). The van der Waals surface area contributed by atoms with Crippen LogP contribution in [0.2, 0.25) is 0 Å². The summed E-state index contributed by atoms with van der Waals surface area (Å²) >= 11 is 0. The van der Waals surface area contributed by atoms with Gasteiger partial charge in [-0.15, -0.1) is 0 Å². The largest absolute Gasteiger partial charge is 0.340 e. The van der Waals surface area contributed by atoms with E-state index < -0.39 is 0 Å². The molecule has 0 saturated heterocycles. The fourth-order valence-electron chi connectivity index (χ4n) is 3.61. The van der Waals surface area contributed by atoms with Crippen molar-refractivity contribution in [2.24, 2.45) is 0 Å². The lowest BCUT2D eigenvalue weighted by molar-refractivity contribution is 0.571. The Labute approximate surface area is 140 Å². The van der Waals surface area contributed by atoms with Gasteiger partial charge in [0.05, 0.1) is 0 Å². The Morgan fingerprint density at radius 3 is 1.78 bits per heavy atom. The molecule has 0 atom stereocenters. The summed E-state index contributed by atoms with van der Waals surface area (Å²) in [5.41, 5.74) is 5.50. The van der Waals surface area contributed by atoms with Gasteiger partial charge in [-0.1, -0.05) is 63.3 Å². The third-order valence-electron chi connectivity index (χ3n) is 4.91. The Morgan fingerprint density at radius 2 is 1.22 bits per heavy atom. The Hall–Kier alpha value is -1.76. The summed E-state index contributed by atoms with van der Waals surface area (Å²) in [5, 5.41) is 2.80. The van der Waals surface area contributed by atoms with Crippen molar-refractivity contribution < 1.29 is 0 Å². The zero-order valence-electron chi connectivity index (χ0n) is 14.9. The number of fused-ring (bicyclic) bond motifs is 3. The molecule has 0 fully saturated rings. The minimum absolute atomic E-state index is 1.14. The molecule has 3 aromatic rings. The van der Waals surface area contributed by atoms with Crippen LogP contribution in [-0.4, -0.2) is 4.57 Å². The van der Waals surface area contributed by atoms with E-state index in [-0.39, 0.29) is 0 Å². The molecule has 0 unspecified atom stereocenters. The SMILES string of the molecule is CCCCCCCCn1c2cc(C)ccc2c2ccc(C)cc21. The van der Waals surface area contributed by atoms with Crippen LogP contribution >= 0.6 is 0 Å². The van der Waals surface area contributed by atoms with Gasteiger partial charge in [-0.25, -0.2) is 0 Å². The van der Waals surface area contributed by atoms with E-state index in [4.69, 9.17) is 0 Å². The fourth-order valence-corrected chi connectivity index (χ4v) is 3.61. The summed E-state index contributed by atoms with van der Waals surface area (Å²) in [5.74, 6) is 0. The second-order valence-electron chi connectivity index (χ2n) is 6.96. The Kier molecular flexibility index (Phi) is 5.05. The molecule has 0 aliphatic heterocycles. The molecule has 0 radical (unpaired) electrons. The predicted molar refractivity (Wildman–Crippen MR) is 102 cm³/mol. The number of hydrogen-bond donors (Lipinski definition) is 0. The van der Waals surface area contributed by atoms with Crippen molar-refractivity contribution >= 4 is 21.8 Å². The first kappa shape index (κ1) is 16.1. The normalized spacial score (nSPS) is 11.6. The fraction of sp³-hybridized carbons (Fsp3) is 0.455. The van der Waals surface area contributed by atoms with Gasteiger partial charge in [0.25, 0.3) is 0 Å². The number of hydrogen-bond acceptors (Lipinski definition) is 0. The van der Waals surface area contributed by atoms with Gasteiger partial charge in [-0.3, -0.25) is 0 Å². The highest BCUT2D eigenvalue weighted by atomic mass is 15.0. The minimum Gasteiger partial charge on any atom is -0.340 e. The smallest absolute Gasteiger partial charge is 0.0494 e. The zero-order valence-corrected chi connectivity index (χ0v) is 14.9. The van der Waals surface area contributed by atoms with Crippen molar-refractivity contribution in [3.05, 3.63) is 47.5 Å². The first-order valence-corrected chi connectivity index (χ1v) is 9.20. The van der Waals surface area contributed by atoms with Crippen LogP contribution in [0.3, 0.4) is 0 Å². The molecule has 1 heterocycles. The Balaban J connectivity index is 1.89. The van der Waals surface area contributed by atoms with E-state index in [0.29, 0.717) is 0 Å². The van der Waals surface area contributed by atoms with Crippen molar-refractivity contribution in [2.75, 3.05) is 0 Å². The maximum Gasteiger partial charge on any atom is 0.0494 e. The highest BCUT2D eigenvalue weighted by Gasteiger charge is 2.10. The van der Waals surface area contributed by atoms with Crippen molar-refractivity contribution in [2.45, 2.75) is 65.8 Å². The van der Waals surface area contributed by atoms with Gasteiger partial charge >= 0.3 is 0 Å². The summed E-state index contributed by atoms with van der Waals surface area (Å²) in [4.78, 5) is 0. The van der Waals surface area contributed by atoms with E-state index in [1.165, 1.54) is 71.5 Å². The minimum atomic E-state index is 1.14. The second kappa shape index (κ2) is 7.21. The summed E-state index contributed by atoms with van der Waals surface area (Å²) in [6.07, 6.45) is 8.10. The lowest BCUT2D eigenvalue weighted by Gasteiger charge is -2.08. The molecule has 0 saturated carbocycles. The molecule has 1 nitrogen and oxygen atoms in total. The highest BCUT2D eigenvalue weighted by Crippen LogP contribution is 2.30. The third-order valence-corrected chi connectivity index (χ3v) is 4.91. The maximum absolute atomic E-state index is 2.55. The van der Waals surface area contributed by atoms with Crippen LogP contribution in [0, 0.1) is 13.8 Å². The van der Waals surface area contributed by atoms with Crippen LogP contribution in [0.5, 0.6) is 0 Å². The van der Waals surface area contributed by atoms with E-state index in [1.54, 1.807) is 0 Å². The zero-order chi connectivity index (χ0) is 16.2. The molecule has 0 aliphatic rings. The van der Waals surface area contributed by atoms with E-state index in [9.17, 15) is 0 Å². The molecule has 1 aromatic heterocycles. The molecule has 2 aromatic carbocycles. The first-order chi connectivity index (χ1) is 11.2. The first-order valence-electron chi connectivity index (χ1n) is 9.20. The van der Waals surface area contributed by atoms with Gasteiger partial charge in [-0.2, -0.15) is 0 Å². The van der Waals surface area contributed by atoms with E-state index >= 15 is 0 Å². The van der Waals surface area contributed by atoms with Crippen LogP contribution in [0.4, 0.5) is 0 Å². The molecular weight excluding hydrogens is 278 g/mol. The number of aryl methyl sites for hydroxylation is 3. The van der Waals surface area contributed by atoms with Crippen LogP contribution in [0.1, 0.15) is 56.6 Å². The standard InChI is InChI=1S/C22H29N/c1-4-5-6-7-8-9-14-23-21-15-17(2)10-12-19(21)20-13-11-18(3)16-22(20)23/h10-13,15-16H,4-9,14H2,1-3H3. The molecule has 1 heteroatoms. The van der Waals surface area contributed by atoms with Crippen molar-refractivity contribution in [3.63, 3.8) is 0 Å².